The summed E-state index contributed by atoms with van der Waals surface area (Å²) in [6.45, 7) is 4.20. The van der Waals surface area contributed by atoms with E-state index in [9.17, 15) is 4.79 Å². The number of primary amides is 1. The van der Waals surface area contributed by atoms with Crippen molar-refractivity contribution in [3.63, 3.8) is 0 Å². The Morgan fingerprint density at radius 1 is 1.50 bits per heavy atom. The number of carbonyl (C=O) groups excluding carboxylic acids is 1. The van der Waals surface area contributed by atoms with Crippen molar-refractivity contribution in [2.45, 2.75) is 0 Å². The number of rotatable bonds is 2. The molecule has 1 rings (SSSR count). The van der Waals surface area contributed by atoms with Gasteiger partial charge in [-0.15, -0.1) is 0 Å². The molecule has 1 aliphatic heterocycles. The van der Waals surface area contributed by atoms with E-state index in [1.807, 2.05) is 0 Å². The van der Waals surface area contributed by atoms with Gasteiger partial charge in [0, 0.05) is 26.2 Å². The summed E-state index contributed by atoms with van der Waals surface area (Å²) in [5, 5.41) is 3.19. The van der Waals surface area contributed by atoms with Crippen LogP contribution in [-0.2, 0) is 4.79 Å². The molecular formula is C6H13N3O. The van der Waals surface area contributed by atoms with Gasteiger partial charge in [0.15, 0.2) is 0 Å². The van der Waals surface area contributed by atoms with Crippen molar-refractivity contribution in [1.82, 2.24) is 10.2 Å². The minimum absolute atomic E-state index is 0.234. The summed E-state index contributed by atoms with van der Waals surface area (Å²) in [5.74, 6) is -0.234. The predicted octanol–water partition coefficient (Wildman–Crippen LogP) is -1.62. The van der Waals surface area contributed by atoms with Crippen molar-refractivity contribution < 1.29 is 4.79 Å². The summed E-state index contributed by atoms with van der Waals surface area (Å²) in [4.78, 5) is 12.5. The van der Waals surface area contributed by atoms with Gasteiger partial charge >= 0.3 is 0 Å². The van der Waals surface area contributed by atoms with Crippen LogP contribution in [0.25, 0.3) is 0 Å². The summed E-state index contributed by atoms with van der Waals surface area (Å²) < 4.78 is 0. The molecule has 58 valence electrons. The van der Waals surface area contributed by atoms with Gasteiger partial charge in [0.25, 0.3) is 0 Å². The van der Waals surface area contributed by atoms with Crippen LogP contribution >= 0.6 is 0 Å². The maximum absolute atomic E-state index is 10.4. The van der Waals surface area contributed by atoms with Gasteiger partial charge in [0.05, 0.1) is 6.54 Å². The number of nitrogens with two attached hydrogens (primary N) is 1. The first-order chi connectivity index (χ1) is 4.79. The fourth-order valence-electron chi connectivity index (χ4n) is 1.09. The van der Waals surface area contributed by atoms with E-state index in [4.69, 9.17) is 5.73 Å². The highest BCUT2D eigenvalue weighted by atomic mass is 16.1. The summed E-state index contributed by atoms with van der Waals surface area (Å²) >= 11 is 0. The van der Waals surface area contributed by atoms with Gasteiger partial charge in [0.2, 0.25) is 5.91 Å². The van der Waals surface area contributed by atoms with Gasteiger partial charge in [-0.3, -0.25) is 9.69 Å². The molecule has 1 heterocycles. The molecule has 0 aromatic carbocycles. The van der Waals surface area contributed by atoms with Crippen molar-refractivity contribution in [3.05, 3.63) is 0 Å². The van der Waals surface area contributed by atoms with E-state index in [1.165, 1.54) is 0 Å². The van der Waals surface area contributed by atoms with Crippen molar-refractivity contribution in [2.75, 3.05) is 32.7 Å². The topological polar surface area (TPSA) is 58.4 Å². The molecule has 0 unspecified atom stereocenters. The van der Waals surface area contributed by atoms with Gasteiger partial charge in [-0.05, 0) is 0 Å². The Morgan fingerprint density at radius 3 is 2.60 bits per heavy atom. The predicted molar refractivity (Wildman–Crippen MR) is 38.5 cm³/mol. The molecule has 10 heavy (non-hydrogen) atoms. The molecule has 3 N–H and O–H groups in total. The molecule has 1 saturated heterocycles. The first-order valence-electron chi connectivity index (χ1n) is 3.50. The number of hydrogen-bond acceptors (Lipinski definition) is 3. The van der Waals surface area contributed by atoms with Gasteiger partial charge in [0.1, 0.15) is 0 Å². The zero-order chi connectivity index (χ0) is 7.40. The van der Waals surface area contributed by atoms with Crippen LogP contribution in [-0.4, -0.2) is 43.5 Å². The molecule has 1 fully saturated rings. The third-order valence-corrected chi connectivity index (χ3v) is 1.59. The third kappa shape index (κ3) is 2.33. The number of piperazine rings is 1. The Kier molecular flexibility index (Phi) is 2.65. The van der Waals surface area contributed by atoms with Crippen molar-refractivity contribution in [2.24, 2.45) is 5.73 Å². The molecule has 1 aliphatic rings. The van der Waals surface area contributed by atoms with Crippen LogP contribution in [0.3, 0.4) is 0 Å². The molecule has 1 amide bonds. The molecule has 4 heteroatoms. The molecule has 0 saturated carbocycles. The molecule has 0 spiro atoms. The van der Waals surface area contributed by atoms with Crippen LogP contribution < -0.4 is 11.1 Å². The quantitative estimate of drug-likeness (QED) is 0.488. The van der Waals surface area contributed by atoms with E-state index in [1.54, 1.807) is 0 Å². The summed E-state index contributed by atoms with van der Waals surface area (Å²) in [7, 11) is 0. The van der Waals surface area contributed by atoms with Gasteiger partial charge in [-0.25, -0.2) is 0 Å². The summed E-state index contributed by atoms with van der Waals surface area (Å²) in [5.41, 5.74) is 5.02. The van der Waals surface area contributed by atoms with Crippen molar-refractivity contribution in [1.29, 1.82) is 0 Å². The average molecular weight is 143 g/mol. The van der Waals surface area contributed by atoms with Crippen LogP contribution in [0.4, 0.5) is 0 Å². The molecule has 0 atom stereocenters. The second kappa shape index (κ2) is 3.53. The van der Waals surface area contributed by atoms with Crippen LogP contribution in [0.15, 0.2) is 0 Å². The van der Waals surface area contributed by atoms with E-state index in [0.29, 0.717) is 6.54 Å². The van der Waals surface area contributed by atoms with E-state index in [-0.39, 0.29) is 5.91 Å². The Balaban J connectivity index is 2.19. The highest BCUT2D eigenvalue weighted by Gasteiger charge is 2.10. The molecular weight excluding hydrogens is 130 g/mol. The molecule has 0 aromatic rings. The maximum atomic E-state index is 10.4. The zero-order valence-electron chi connectivity index (χ0n) is 5.97. The van der Waals surface area contributed by atoms with Gasteiger partial charge in [-0.2, -0.15) is 0 Å². The molecule has 0 radical (unpaired) electrons. The number of nitrogens with zero attached hydrogens (tertiary/aromatic N) is 1. The molecule has 0 aliphatic carbocycles. The minimum Gasteiger partial charge on any atom is -0.369 e. The number of carbonyl (C=O) groups is 1. The Bertz CT molecular complexity index is 120. The lowest BCUT2D eigenvalue weighted by molar-refractivity contribution is -0.119. The molecule has 0 aromatic heterocycles. The molecule has 4 nitrogen and oxygen atoms in total. The maximum Gasteiger partial charge on any atom is 0.231 e. The van der Waals surface area contributed by atoms with Crippen molar-refractivity contribution >= 4 is 5.91 Å². The lowest BCUT2D eigenvalue weighted by Gasteiger charge is -2.25. The van der Waals surface area contributed by atoms with E-state index in [2.05, 4.69) is 10.2 Å². The first kappa shape index (κ1) is 7.50. The zero-order valence-corrected chi connectivity index (χ0v) is 5.97. The SMILES string of the molecule is NC(=O)CN1CCNCC1. The first-order valence-corrected chi connectivity index (χ1v) is 3.50. The lowest BCUT2D eigenvalue weighted by Crippen LogP contribution is -2.46. The Hall–Kier alpha value is -0.610. The van der Waals surface area contributed by atoms with E-state index in [0.717, 1.165) is 26.2 Å². The van der Waals surface area contributed by atoms with Crippen molar-refractivity contribution in [3.8, 4) is 0 Å². The third-order valence-electron chi connectivity index (χ3n) is 1.59. The smallest absolute Gasteiger partial charge is 0.231 e. The number of nitrogens with one attached hydrogen (secondary N) is 1. The van der Waals surface area contributed by atoms with Crippen LogP contribution in [0.1, 0.15) is 0 Å². The average Bonchev–Trinajstić information content (AvgIpc) is 1.88. The van der Waals surface area contributed by atoms with E-state index >= 15 is 0 Å². The Labute approximate surface area is 60.4 Å². The summed E-state index contributed by atoms with van der Waals surface area (Å²) in [6.07, 6.45) is 0. The van der Waals surface area contributed by atoms with Gasteiger partial charge < -0.3 is 11.1 Å². The largest absolute Gasteiger partial charge is 0.369 e. The van der Waals surface area contributed by atoms with E-state index < -0.39 is 0 Å². The fraction of sp³-hybridized carbons (Fsp3) is 0.833. The second-order valence-electron chi connectivity index (χ2n) is 2.49. The Morgan fingerprint density at radius 2 is 2.10 bits per heavy atom. The second-order valence-corrected chi connectivity index (χ2v) is 2.49. The highest BCUT2D eigenvalue weighted by Crippen LogP contribution is 1.89. The van der Waals surface area contributed by atoms with Crippen LogP contribution in [0.2, 0.25) is 0 Å². The monoisotopic (exact) mass is 143 g/mol. The normalized spacial score (nSPS) is 20.8. The minimum atomic E-state index is -0.234. The molecule has 0 bridgehead atoms. The summed E-state index contributed by atoms with van der Waals surface area (Å²) in [6, 6.07) is 0. The number of hydrogen-bond donors (Lipinski definition) is 2. The van der Waals surface area contributed by atoms with Gasteiger partial charge in [-0.1, -0.05) is 0 Å². The number of amides is 1. The van der Waals surface area contributed by atoms with Crippen LogP contribution in [0, 0.1) is 0 Å². The van der Waals surface area contributed by atoms with Crippen LogP contribution in [0.5, 0.6) is 0 Å². The standard InChI is InChI=1S/C6H13N3O/c7-6(10)5-9-3-1-8-2-4-9/h8H,1-5H2,(H2,7,10). The lowest BCUT2D eigenvalue weighted by atomic mass is 10.3. The fourth-order valence-corrected chi connectivity index (χ4v) is 1.09. The highest BCUT2D eigenvalue weighted by molar-refractivity contribution is 5.75.